The Hall–Kier alpha value is -3.00. The number of carbonyl (C=O) groups is 2. The van der Waals surface area contributed by atoms with Crippen LogP contribution in [0.4, 0.5) is 11.4 Å². The molecule has 1 saturated heterocycles. The van der Waals surface area contributed by atoms with Crippen LogP contribution in [0.2, 0.25) is 0 Å². The van der Waals surface area contributed by atoms with Crippen LogP contribution in [0.1, 0.15) is 17.5 Å². The first kappa shape index (κ1) is 20.7. The van der Waals surface area contributed by atoms with Crippen molar-refractivity contribution in [2.75, 3.05) is 19.5 Å². The summed E-state index contributed by atoms with van der Waals surface area (Å²) in [6.45, 7) is 4.05. The highest BCUT2D eigenvalue weighted by molar-refractivity contribution is 8.15. The third-order valence-electron chi connectivity index (χ3n) is 4.55. The van der Waals surface area contributed by atoms with Gasteiger partial charge < -0.3 is 20.1 Å². The topological polar surface area (TPSA) is 89.0 Å². The fourth-order valence-electron chi connectivity index (χ4n) is 2.79. The number of nitrogens with one attached hydrogen (secondary N) is 2. The number of amidine groups is 1. The van der Waals surface area contributed by atoms with E-state index in [1.807, 2.05) is 32.0 Å². The van der Waals surface area contributed by atoms with Gasteiger partial charge >= 0.3 is 0 Å². The minimum absolute atomic E-state index is 0.0167. The number of methoxy groups -OCH3 is 2. The lowest BCUT2D eigenvalue weighted by Crippen LogP contribution is -2.28. The van der Waals surface area contributed by atoms with Gasteiger partial charge in [0.05, 0.1) is 25.6 Å². The molecule has 0 saturated carbocycles. The lowest BCUT2D eigenvalue weighted by molar-refractivity contribution is -0.122. The lowest BCUT2D eigenvalue weighted by Gasteiger charge is -2.12. The standard InChI is InChI=1S/C21H23N3O4S/c1-12-5-6-14(9-13(12)2)22-21-24-20(26)18(29-21)11-19(25)23-16-10-15(27-3)7-8-17(16)28-4/h5-10,18H,11H2,1-4H3,(H,23,25)(H,22,24,26)/t18-/m1/s1. The number of aliphatic imine (C=N–C) groups is 1. The number of thioether (sulfide) groups is 1. The van der Waals surface area contributed by atoms with Gasteiger partial charge in [0, 0.05) is 12.5 Å². The van der Waals surface area contributed by atoms with E-state index in [1.54, 1.807) is 25.3 Å². The molecule has 1 heterocycles. The maximum atomic E-state index is 12.5. The van der Waals surface area contributed by atoms with E-state index in [0.717, 1.165) is 11.3 Å². The SMILES string of the molecule is COc1ccc(OC)c(NC(=O)C[C@H]2SC(=Nc3ccc(C)c(C)c3)NC2=O)c1. The summed E-state index contributed by atoms with van der Waals surface area (Å²) in [5, 5.41) is 5.48. The number of carbonyl (C=O) groups excluding carboxylic acids is 2. The molecule has 0 spiro atoms. The molecule has 1 atom stereocenters. The predicted octanol–water partition coefficient (Wildman–Crippen LogP) is 3.57. The molecule has 7 nitrogen and oxygen atoms in total. The van der Waals surface area contributed by atoms with Gasteiger partial charge in [-0.25, -0.2) is 4.99 Å². The monoisotopic (exact) mass is 413 g/mol. The van der Waals surface area contributed by atoms with Crippen LogP contribution in [0.5, 0.6) is 11.5 Å². The molecular weight excluding hydrogens is 390 g/mol. The molecule has 1 fully saturated rings. The Bertz CT molecular complexity index is 974. The summed E-state index contributed by atoms with van der Waals surface area (Å²) in [6, 6.07) is 11.0. The Labute approximate surface area is 173 Å². The van der Waals surface area contributed by atoms with Gasteiger partial charge in [0.15, 0.2) is 5.17 Å². The molecule has 29 heavy (non-hydrogen) atoms. The molecular formula is C21H23N3O4S. The summed E-state index contributed by atoms with van der Waals surface area (Å²) in [5.41, 5.74) is 3.57. The van der Waals surface area contributed by atoms with Crippen LogP contribution in [0.3, 0.4) is 0 Å². The molecule has 0 aliphatic carbocycles. The van der Waals surface area contributed by atoms with Gasteiger partial charge in [-0.15, -0.1) is 0 Å². The summed E-state index contributed by atoms with van der Waals surface area (Å²) < 4.78 is 10.4. The second kappa shape index (κ2) is 9.00. The van der Waals surface area contributed by atoms with Gasteiger partial charge in [-0.1, -0.05) is 17.8 Å². The van der Waals surface area contributed by atoms with Gasteiger partial charge in [0.25, 0.3) is 0 Å². The molecule has 2 aromatic carbocycles. The number of rotatable bonds is 6. The second-order valence-corrected chi connectivity index (χ2v) is 7.79. The maximum absolute atomic E-state index is 12.5. The number of hydrogen-bond acceptors (Lipinski definition) is 6. The van der Waals surface area contributed by atoms with Gasteiger partial charge in [-0.05, 0) is 49.2 Å². The van der Waals surface area contributed by atoms with E-state index in [2.05, 4.69) is 15.6 Å². The maximum Gasteiger partial charge on any atom is 0.240 e. The number of hydrogen-bond donors (Lipinski definition) is 2. The molecule has 1 aliphatic heterocycles. The van der Waals surface area contributed by atoms with Crippen LogP contribution in [-0.4, -0.2) is 36.5 Å². The third-order valence-corrected chi connectivity index (χ3v) is 5.63. The first-order valence-electron chi connectivity index (χ1n) is 9.05. The van der Waals surface area contributed by atoms with Gasteiger partial charge in [0.1, 0.15) is 16.7 Å². The molecule has 152 valence electrons. The van der Waals surface area contributed by atoms with Crippen molar-refractivity contribution in [1.29, 1.82) is 0 Å². The Morgan fingerprint density at radius 1 is 1.14 bits per heavy atom. The van der Waals surface area contributed by atoms with Crippen LogP contribution in [0.25, 0.3) is 0 Å². The summed E-state index contributed by atoms with van der Waals surface area (Å²) in [6.07, 6.45) is 0.0167. The minimum atomic E-state index is -0.545. The fraction of sp³-hybridized carbons (Fsp3) is 0.286. The zero-order valence-electron chi connectivity index (χ0n) is 16.7. The summed E-state index contributed by atoms with van der Waals surface area (Å²) >= 11 is 1.25. The van der Waals surface area contributed by atoms with Crippen LogP contribution in [-0.2, 0) is 9.59 Å². The summed E-state index contributed by atoms with van der Waals surface area (Å²) in [5.74, 6) is 0.582. The Morgan fingerprint density at radius 3 is 2.62 bits per heavy atom. The number of ether oxygens (including phenoxy) is 2. The van der Waals surface area contributed by atoms with E-state index in [9.17, 15) is 9.59 Å². The second-order valence-electron chi connectivity index (χ2n) is 6.60. The van der Waals surface area contributed by atoms with Crippen LogP contribution < -0.4 is 20.1 Å². The van der Waals surface area contributed by atoms with Crippen molar-refractivity contribution in [3.8, 4) is 11.5 Å². The highest BCUT2D eigenvalue weighted by Crippen LogP contribution is 2.30. The average molecular weight is 413 g/mol. The molecule has 3 rings (SSSR count). The summed E-state index contributed by atoms with van der Waals surface area (Å²) in [7, 11) is 3.07. The molecule has 0 bridgehead atoms. The van der Waals surface area contributed by atoms with E-state index in [4.69, 9.17) is 9.47 Å². The molecule has 0 aromatic heterocycles. The number of anilines is 1. The highest BCUT2D eigenvalue weighted by Gasteiger charge is 2.32. The Kier molecular flexibility index (Phi) is 6.43. The van der Waals surface area contributed by atoms with E-state index < -0.39 is 5.25 Å². The van der Waals surface area contributed by atoms with E-state index in [0.29, 0.717) is 22.4 Å². The van der Waals surface area contributed by atoms with Gasteiger partial charge in [-0.2, -0.15) is 0 Å². The van der Waals surface area contributed by atoms with Crippen molar-refractivity contribution in [3.63, 3.8) is 0 Å². The van der Waals surface area contributed by atoms with E-state index in [-0.39, 0.29) is 18.2 Å². The van der Waals surface area contributed by atoms with Crippen molar-refractivity contribution in [1.82, 2.24) is 5.32 Å². The molecule has 1 aliphatic rings. The van der Waals surface area contributed by atoms with Crippen molar-refractivity contribution < 1.29 is 19.1 Å². The largest absolute Gasteiger partial charge is 0.497 e. The normalized spacial score (nSPS) is 17.2. The molecule has 2 N–H and O–H groups in total. The Morgan fingerprint density at radius 2 is 1.93 bits per heavy atom. The number of nitrogens with zero attached hydrogens (tertiary/aromatic N) is 1. The van der Waals surface area contributed by atoms with Crippen LogP contribution in [0, 0.1) is 13.8 Å². The molecule has 8 heteroatoms. The highest BCUT2D eigenvalue weighted by atomic mass is 32.2. The number of aryl methyl sites for hydroxylation is 2. The zero-order valence-corrected chi connectivity index (χ0v) is 17.6. The van der Waals surface area contributed by atoms with E-state index in [1.165, 1.54) is 24.4 Å². The van der Waals surface area contributed by atoms with Gasteiger partial charge in [0.2, 0.25) is 11.8 Å². The molecule has 0 radical (unpaired) electrons. The molecule has 0 unspecified atom stereocenters. The van der Waals surface area contributed by atoms with Crippen LogP contribution in [0.15, 0.2) is 41.4 Å². The average Bonchev–Trinajstić information content (AvgIpc) is 3.03. The van der Waals surface area contributed by atoms with Crippen LogP contribution >= 0.6 is 11.8 Å². The zero-order chi connectivity index (χ0) is 21.0. The minimum Gasteiger partial charge on any atom is -0.497 e. The van der Waals surface area contributed by atoms with Crippen molar-refractivity contribution in [2.24, 2.45) is 4.99 Å². The third kappa shape index (κ3) is 5.08. The first-order chi connectivity index (χ1) is 13.9. The molecule has 2 aromatic rings. The fourth-order valence-corrected chi connectivity index (χ4v) is 3.77. The molecule has 2 amide bonds. The van der Waals surface area contributed by atoms with Crippen molar-refractivity contribution in [3.05, 3.63) is 47.5 Å². The number of benzene rings is 2. The quantitative estimate of drug-likeness (QED) is 0.756. The van der Waals surface area contributed by atoms with E-state index >= 15 is 0 Å². The van der Waals surface area contributed by atoms with Crippen molar-refractivity contribution >= 4 is 40.1 Å². The summed E-state index contributed by atoms with van der Waals surface area (Å²) in [4.78, 5) is 29.2. The first-order valence-corrected chi connectivity index (χ1v) is 9.93. The number of amides is 2. The smallest absolute Gasteiger partial charge is 0.240 e. The van der Waals surface area contributed by atoms with Crippen molar-refractivity contribution in [2.45, 2.75) is 25.5 Å². The lowest BCUT2D eigenvalue weighted by atomic mass is 10.1. The Balaban J connectivity index is 1.66. The predicted molar refractivity (Wildman–Crippen MR) is 115 cm³/mol. The van der Waals surface area contributed by atoms with Gasteiger partial charge in [-0.3, -0.25) is 9.59 Å².